The van der Waals surface area contributed by atoms with Gasteiger partial charge in [-0.25, -0.2) is 0 Å². The van der Waals surface area contributed by atoms with Crippen LogP contribution in [0.2, 0.25) is 0 Å². The molecule has 0 saturated heterocycles. The van der Waals surface area contributed by atoms with Crippen LogP contribution in [0, 0.1) is 0 Å². The van der Waals surface area contributed by atoms with Gasteiger partial charge in [0.05, 0.1) is 33.4 Å². The van der Waals surface area contributed by atoms with Gasteiger partial charge in [0.2, 0.25) is 0 Å². The second-order valence-electron chi connectivity index (χ2n) is 15.8. The van der Waals surface area contributed by atoms with Gasteiger partial charge in [0.1, 0.15) is 5.58 Å². The molecule has 4 aromatic heterocycles. The molecule has 4 heterocycles. The quantitative estimate of drug-likeness (QED) is 0.168. The lowest BCUT2D eigenvalue weighted by Gasteiger charge is -2.16. The van der Waals surface area contributed by atoms with Gasteiger partial charge in [-0.05, 0) is 60.2 Å². The molecule has 0 unspecified atom stereocenters. The zero-order valence-corrected chi connectivity index (χ0v) is 33.4. The van der Waals surface area contributed by atoms with Crippen LogP contribution in [0.15, 0.2) is 217 Å². The normalized spacial score (nSPS) is 11.9. The molecule has 0 bridgehead atoms. The summed E-state index contributed by atoms with van der Waals surface area (Å²) in [4.78, 5) is 0. The first kappa shape index (κ1) is 34.4. The van der Waals surface area contributed by atoms with E-state index in [1.165, 1.54) is 5.39 Å². The first-order valence-corrected chi connectivity index (χ1v) is 20.9. The Kier molecular flexibility index (Phi) is 7.50. The summed E-state index contributed by atoms with van der Waals surface area (Å²) in [6, 6.07) is 75.1. The average molecular weight is 794 g/mol. The van der Waals surface area contributed by atoms with E-state index in [-0.39, 0.29) is 0 Å². The molecule has 6 heteroatoms. The molecule has 9 aromatic carbocycles. The molecule has 62 heavy (non-hydrogen) atoms. The Morgan fingerprint density at radius 3 is 1.69 bits per heavy atom. The van der Waals surface area contributed by atoms with Crippen molar-refractivity contribution in [1.82, 2.24) is 23.9 Å². The summed E-state index contributed by atoms with van der Waals surface area (Å²) < 4.78 is 13.7. The smallest absolute Gasteiger partial charge is 0.168 e. The number of benzene rings is 9. The van der Waals surface area contributed by atoms with E-state index in [0.29, 0.717) is 0 Å². The van der Waals surface area contributed by atoms with E-state index >= 15 is 0 Å². The Morgan fingerprint density at radius 2 is 0.919 bits per heavy atom. The molecule has 0 atom stereocenters. The van der Waals surface area contributed by atoms with Gasteiger partial charge in [-0.3, -0.25) is 4.57 Å². The minimum atomic E-state index is 0.789. The van der Waals surface area contributed by atoms with Crippen LogP contribution < -0.4 is 0 Å². The van der Waals surface area contributed by atoms with Gasteiger partial charge in [-0.1, -0.05) is 158 Å². The largest absolute Gasteiger partial charge is 0.454 e. The molecule has 0 N–H and O–H groups in total. The highest BCUT2D eigenvalue weighted by Crippen LogP contribution is 2.43. The van der Waals surface area contributed by atoms with Gasteiger partial charge in [0, 0.05) is 54.7 Å². The molecule has 13 aromatic rings. The molecular formula is C56H35N5O. The summed E-state index contributed by atoms with van der Waals surface area (Å²) >= 11 is 0. The summed E-state index contributed by atoms with van der Waals surface area (Å²) in [5.74, 6) is 1.58. The second-order valence-corrected chi connectivity index (χ2v) is 15.8. The Hall–Kier alpha value is -8.48. The van der Waals surface area contributed by atoms with Gasteiger partial charge in [-0.2, -0.15) is 0 Å². The molecule has 0 aliphatic rings. The minimum absolute atomic E-state index is 0.789. The number of furan rings is 1. The van der Waals surface area contributed by atoms with E-state index in [2.05, 4.69) is 208 Å². The monoisotopic (exact) mass is 793 g/mol. The van der Waals surface area contributed by atoms with Crippen LogP contribution in [0.4, 0.5) is 0 Å². The maximum atomic E-state index is 6.72. The van der Waals surface area contributed by atoms with Crippen molar-refractivity contribution in [2.75, 3.05) is 0 Å². The van der Waals surface area contributed by atoms with Gasteiger partial charge in [-0.15, -0.1) is 10.2 Å². The number of hydrogen-bond acceptors (Lipinski definition) is 3. The standard InChI is InChI=1S/C56H35N5O/c1-3-17-36(18-4-1)55-57-58-56(37-19-5-2-6-20-37)61(55)50-31-16-30-49-52(50)45-26-9-13-29-48(45)59(49)39-22-15-21-38(35-39)40-23-7-11-27-46(40)60-47-28-12-8-24-41(47)43-33-34-44-42-25-10-14-32-51(42)62-54(44)53(43)60/h1-35H. The van der Waals surface area contributed by atoms with Crippen LogP contribution >= 0.6 is 0 Å². The number of para-hydroxylation sites is 4. The number of nitrogens with zero attached hydrogens (tertiary/aromatic N) is 5. The highest BCUT2D eigenvalue weighted by Gasteiger charge is 2.24. The molecule has 290 valence electrons. The molecule has 0 aliphatic heterocycles. The van der Waals surface area contributed by atoms with E-state index in [1.54, 1.807) is 0 Å². The van der Waals surface area contributed by atoms with Crippen molar-refractivity contribution in [2.24, 2.45) is 0 Å². The fourth-order valence-corrected chi connectivity index (χ4v) is 9.73. The number of aromatic nitrogens is 5. The molecule has 0 saturated carbocycles. The van der Waals surface area contributed by atoms with Gasteiger partial charge in [0.15, 0.2) is 17.2 Å². The summed E-state index contributed by atoms with van der Waals surface area (Å²) in [6.07, 6.45) is 0. The van der Waals surface area contributed by atoms with Crippen molar-refractivity contribution in [3.8, 4) is 51.0 Å². The Bertz CT molecular complexity index is 3810. The van der Waals surface area contributed by atoms with Gasteiger partial charge < -0.3 is 13.6 Å². The lowest BCUT2D eigenvalue weighted by Crippen LogP contribution is -2.01. The van der Waals surface area contributed by atoms with Crippen LogP contribution in [0.25, 0.3) is 117 Å². The molecule has 0 radical (unpaired) electrons. The van der Waals surface area contributed by atoms with Crippen molar-refractivity contribution in [1.29, 1.82) is 0 Å². The minimum Gasteiger partial charge on any atom is -0.454 e. The fourth-order valence-electron chi connectivity index (χ4n) is 9.73. The lowest BCUT2D eigenvalue weighted by molar-refractivity contribution is 0.671. The predicted octanol–water partition coefficient (Wildman–Crippen LogP) is 14.4. The third-order valence-corrected chi connectivity index (χ3v) is 12.4. The first-order chi connectivity index (χ1) is 30.8. The maximum Gasteiger partial charge on any atom is 0.168 e. The van der Waals surface area contributed by atoms with Crippen LogP contribution in [0.3, 0.4) is 0 Å². The zero-order valence-electron chi connectivity index (χ0n) is 33.4. The third-order valence-electron chi connectivity index (χ3n) is 12.4. The van der Waals surface area contributed by atoms with Gasteiger partial charge >= 0.3 is 0 Å². The number of rotatable bonds is 6. The molecular weight excluding hydrogens is 759 g/mol. The average Bonchev–Trinajstić information content (AvgIpc) is 4.12. The highest BCUT2D eigenvalue weighted by molar-refractivity contribution is 6.22. The summed E-state index contributed by atoms with van der Waals surface area (Å²) in [5, 5.41) is 16.5. The molecule has 6 nitrogen and oxygen atoms in total. The fraction of sp³-hybridized carbons (Fsp3) is 0. The first-order valence-electron chi connectivity index (χ1n) is 20.9. The third kappa shape index (κ3) is 5.04. The van der Waals surface area contributed by atoms with Gasteiger partial charge in [0.25, 0.3) is 0 Å². The van der Waals surface area contributed by atoms with E-state index in [4.69, 9.17) is 14.6 Å². The molecule has 0 fully saturated rings. The van der Waals surface area contributed by atoms with E-state index in [1.807, 2.05) is 18.2 Å². The van der Waals surface area contributed by atoms with Crippen molar-refractivity contribution in [3.05, 3.63) is 212 Å². The van der Waals surface area contributed by atoms with Crippen LogP contribution in [0.1, 0.15) is 0 Å². The van der Waals surface area contributed by atoms with E-state index in [0.717, 1.165) is 111 Å². The van der Waals surface area contributed by atoms with Crippen LogP contribution in [0.5, 0.6) is 0 Å². The summed E-state index contributed by atoms with van der Waals surface area (Å²) in [6.45, 7) is 0. The SMILES string of the molecule is c1ccc(-c2nnc(-c3ccccc3)n2-c2cccc3c2c2ccccc2n3-c2cccc(-c3ccccc3-n3c4ccccc4c4ccc5c6ccccc6oc5c43)c2)cc1. The van der Waals surface area contributed by atoms with Crippen molar-refractivity contribution in [3.63, 3.8) is 0 Å². The maximum absolute atomic E-state index is 6.72. The summed E-state index contributed by atoms with van der Waals surface area (Å²) in [5.41, 5.74) is 13.6. The Morgan fingerprint density at radius 1 is 0.355 bits per heavy atom. The molecule has 13 rings (SSSR count). The van der Waals surface area contributed by atoms with Crippen molar-refractivity contribution in [2.45, 2.75) is 0 Å². The number of hydrogen-bond donors (Lipinski definition) is 0. The lowest BCUT2D eigenvalue weighted by atomic mass is 10.0. The van der Waals surface area contributed by atoms with E-state index < -0.39 is 0 Å². The molecule has 0 spiro atoms. The molecule has 0 amide bonds. The number of fused-ring (bicyclic) bond motifs is 10. The van der Waals surface area contributed by atoms with Crippen molar-refractivity contribution < 1.29 is 4.42 Å². The molecule has 0 aliphatic carbocycles. The van der Waals surface area contributed by atoms with Crippen LogP contribution in [-0.4, -0.2) is 23.9 Å². The van der Waals surface area contributed by atoms with E-state index in [9.17, 15) is 0 Å². The summed E-state index contributed by atoms with van der Waals surface area (Å²) in [7, 11) is 0. The Balaban J connectivity index is 1.04. The Labute approximate surface area is 355 Å². The van der Waals surface area contributed by atoms with Crippen molar-refractivity contribution >= 4 is 65.6 Å². The highest BCUT2D eigenvalue weighted by atomic mass is 16.3. The second kappa shape index (κ2) is 13.5. The zero-order chi connectivity index (χ0) is 40.7. The van der Waals surface area contributed by atoms with Crippen LogP contribution in [-0.2, 0) is 0 Å². The predicted molar refractivity (Wildman–Crippen MR) is 254 cm³/mol. The topological polar surface area (TPSA) is 53.7 Å².